The third kappa shape index (κ3) is 3.68. The van der Waals surface area contributed by atoms with Crippen molar-refractivity contribution in [1.29, 1.82) is 0 Å². The number of carbonyl (C=O) groups is 2. The minimum Gasteiger partial charge on any atom is -0.480 e. The fourth-order valence-corrected chi connectivity index (χ4v) is 3.11. The summed E-state index contributed by atoms with van der Waals surface area (Å²) in [6.45, 7) is 2.06. The number of aliphatic carboxylic acids is 1. The SMILES string of the molecule is CC(Oc1ccc(Cl)cc1Br)C(=O)N1CCC[C@@H]1C(=O)O. The number of halogens is 2. The highest BCUT2D eigenvalue weighted by Crippen LogP contribution is 2.29. The Kier molecular flexibility index (Phi) is 5.11. The quantitative estimate of drug-likeness (QED) is 0.877. The molecule has 0 radical (unpaired) electrons. The lowest BCUT2D eigenvalue weighted by Crippen LogP contribution is -2.46. The van der Waals surface area contributed by atoms with Gasteiger partial charge in [0.1, 0.15) is 11.8 Å². The first kappa shape index (κ1) is 16.1. The van der Waals surface area contributed by atoms with E-state index in [4.69, 9.17) is 21.4 Å². The third-order valence-electron chi connectivity index (χ3n) is 3.37. The molecule has 1 N–H and O–H groups in total. The molecule has 1 unspecified atom stereocenters. The summed E-state index contributed by atoms with van der Waals surface area (Å²) in [6.07, 6.45) is 0.417. The molecule has 0 aromatic heterocycles. The summed E-state index contributed by atoms with van der Waals surface area (Å²) in [6, 6.07) is 4.24. The fraction of sp³-hybridized carbons (Fsp3) is 0.429. The van der Waals surface area contributed by atoms with Crippen molar-refractivity contribution < 1.29 is 19.4 Å². The predicted molar refractivity (Wildman–Crippen MR) is 81.6 cm³/mol. The van der Waals surface area contributed by atoms with Crippen LogP contribution in [-0.2, 0) is 9.59 Å². The maximum Gasteiger partial charge on any atom is 0.326 e. The number of ether oxygens (including phenoxy) is 1. The van der Waals surface area contributed by atoms with Crippen molar-refractivity contribution in [3.8, 4) is 5.75 Å². The average Bonchev–Trinajstić information content (AvgIpc) is 2.90. The maximum absolute atomic E-state index is 12.3. The molecule has 0 aliphatic carbocycles. The van der Waals surface area contributed by atoms with Crippen LogP contribution < -0.4 is 4.74 Å². The Labute approximate surface area is 136 Å². The van der Waals surface area contributed by atoms with E-state index in [-0.39, 0.29) is 5.91 Å². The number of amides is 1. The number of rotatable bonds is 4. The Morgan fingerprint density at radius 1 is 1.52 bits per heavy atom. The van der Waals surface area contributed by atoms with E-state index >= 15 is 0 Å². The lowest BCUT2D eigenvalue weighted by atomic mass is 10.2. The van der Waals surface area contributed by atoms with Crippen LogP contribution in [0.2, 0.25) is 5.02 Å². The average molecular weight is 377 g/mol. The molecule has 1 aromatic rings. The van der Waals surface area contributed by atoms with E-state index < -0.39 is 18.1 Å². The molecule has 1 fully saturated rings. The molecule has 1 aromatic carbocycles. The minimum absolute atomic E-state index is 0.318. The van der Waals surface area contributed by atoms with Gasteiger partial charge in [-0.1, -0.05) is 11.6 Å². The van der Waals surface area contributed by atoms with Gasteiger partial charge in [-0.15, -0.1) is 0 Å². The number of likely N-dealkylation sites (tertiary alicyclic amines) is 1. The Hall–Kier alpha value is -1.27. The zero-order valence-corrected chi connectivity index (χ0v) is 13.7. The molecule has 7 heteroatoms. The molecular weight excluding hydrogens is 362 g/mol. The van der Waals surface area contributed by atoms with Crippen LogP contribution in [0.15, 0.2) is 22.7 Å². The topological polar surface area (TPSA) is 66.8 Å². The Morgan fingerprint density at radius 3 is 2.86 bits per heavy atom. The van der Waals surface area contributed by atoms with Crippen molar-refractivity contribution in [2.75, 3.05) is 6.54 Å². The highest BCUT2D eigenvalue weighted by Gasteiger charge is 2.36. The summed E-state index contributed by atoms with van der Waals surface area (Å²) in [5.74, 6) is -0.797. The number of hydrogen-bond acceptors (Lipinski definition) is 3. The van der Waals surface area contributed by atoms with Gasteiger partial charge in [-0.3, -0.25) is 4.79 Å². The van der Waals surface area contributed by atoms with Crippen molar-refractivity contribution in [3.05, 3.63) is 27.7 Å². The van der Waals surface area contributed by atoms with Gasteiger partial charge in [-0.05, 0) is 53.9 Å². The van der Waals surface area contributed by atoms with Crippen LogP contribution in [-0.4, -0.2) is 40.6 Å². The van der Waals surface area contributed by atoms with Crippen LogP contribution in [0.4, 0.5) is 0 Å². The Bertz CT molecular complexity index is 566. The lowest BCUT2D eigenvalue weighted by Gasteiger charge is -2.25. The molecule has 114 valence electrons. The molecule has 1 heterocycles. The number of carbonyl (C=O) groups excluding carboxylic acids is 1. The van der Waals surface area contributed by atoms with E-state index in [1.54, 1.807) is 25.1 Å². The molecule has 1 amide bonds. The number of carboxylic acids is 1. The van der Waals surface area contributed by atoms with Crippen LogP contribution in [0, 0.1) is 0 Å². The van der Waals surface area contributed by atoms with Crippen molar-refractivity contribution in [2.45, 2.75) is 31.9 Å². The molecule has 0 spiro atoms. The highest BCUT2D eigenvalue weighted by atomic mass is 79.9. The molecule has 5 nitrogen and oxygen atoms in total. The molecule has 0 saturated carbocycles. The van der Waals surface area contributed by atoms with E-state index in [0.29, 0.717) is 34.6 Å². The van der Waals surface area contributed by atoms with Gasteiger partial charge in [-0.25, -0.2) is 4.79 Å². The van der Waals surface area contributed by atoms with E-state index in [0.717, 1.165) is 0 Å². The van der Waals surface area contributed by atoms with Crippen molar-refractivity contribution in [1.82, 2.24) is 4.90 Å². The monoisotopic (exact) mass is 375 g/mol. The summed E-state index contributed by atoms with van der Waals surface area (Å²) in [5, 5.41) is 9.68. The van der Waals surface area contributed by atoms with Gasteiger partial charge < -0.3 is 14.7 Å². The van der Waals surface area contributed by atoms with Gasteiger partial charge >= 0.3 is 5.97 Å². The second-order valence-corrected chi connectivity index (χ2v) is 6.15. The molecular formula is C14H15BrClNO4. The van der Waals surface area contributed by atoms with Gasteiger partial charge in [0.05, 0.1) is 4.47 Å². The fourth-order valence-electron chi connectivity index (χ4n) is 2.33. The van der Waals surface area contributed by atoms with Crippen LogP contribution in [0.5, 0.6) is 5.75 Å². The largest absolute Gasteiger partial charge is 0.480 e. The lowest BCUT2D eigenvalue weighted by molar-refractivity contribution is -0.150. The first-order valence-corrected chi connectivity index (χ1v) is 7.72. The normalized spacial score (nSPS) is 19.4. The van der Waals surface area contributed by atoms with Gasteiger partial charge in [0.2, 0.25) is 0 Å². The molecule has 1 aliphatic heterocycles. The summed E-state index contributed by atoms with van der Waals surface area (Å²) in [4.78, 5) is 24.8. The van der Waals surface area contributed by atoms with Crippen molar-refractivity contribution >= 4 is 39.4 Å². The molecule has 2 rings (SSSR count). The zero-order valence-electron chi connectivity index (χ0n) is 11.4. The van der Waals surface area contributed by atoms with Crippen molar-refractivity contribution in [3.63, 3.8) is 0 Å². The van der Waals surface area contributed by atoms with E-state index in [1.807, 2.05) is 0 Å². The van der Waals surface area contributed by atoms with Crippen LogP contribution in [0.25, 0.3) is 0 Å². The number of nitrogens with zero attached hydrogens (tertiary/aromatic N) is 1. The van der Waals surface area contributed by atoms with Crippen LogP contribution >= 0.6 is 27.5 Å². The minimum atomic E-state index is -0.972. The van der Waals surface area contributed by atoms with E-state index in [9.17, 15) is 9.59 Å². The maximum atomic E-state index is 12.3. The summed E-state index contributed by atoms with van der Waals surface area (Å²) < 4.78 is 6.26. The second kappa shape index (κ2) is 6.66. The summed E-state index contributed by atoms with van der Waals surface area (Å²) >= 11 is 9.16. The van der Waals surface area contributed by atoms with Gasteiger partial charge in [-0.2, -0.15) is 0 Å². The zero-order chi connectivity index (χ0) is 15.6. The van der Waals surface area contributed by atoms with Gasteiger partial charge in [0, 0.05) is 11.6 Å². The van der Waals surface area contributed by atoms with Gasteiger partial charge in [0.15, 0.2) is 6.10 Å². The van der Waals surface area contributed by atoms with Crippen molar-refractivity contribution in [2.24, 2.45) is 0 Å². The predicted octanol–water partition coefficient (Wildman–Crippen LogP) is 2.95. The Balaban J connectivity index is 2.07. The van der Waals surface area contributed by atoms with E-state index in [2.05, 4.69) is 15.9 Å². The molecule has 2 atom stereocenters. The smallest absolute Gasteiger partial charge is 0.326 e. The first-order chi connectivity index (χ1) is 9.90. The second-order valence-electron chi connectivity index (χ2n) is 4.86. The number of benzene rings is 1. The summed E-state index contributed by atoms with van der Waals surface area (Å²) in [7, 11) is 0. The number of hydrogen-bond donors (Lipinski definition) is 1. The van der Waals surface area contributed by atoms with Crippen LogP contribution in [0.1, 0.15) is 19.8 Å². The molecule has 1 saturated heterocycles. The molecule has 1 aliphatic rings. The molecule has 21 heavy (non-hydrogen) atoms. The Morgan fingerprint density at radius 2 is 2.24 bits per heavy atom. The van der Waals surface area contributed by atoms with Crippen LogP contribution in [0.3, 0.4) is 0 Å². The third-order valence-corrected chi connectivity index (χ3v) is 4.22. The first-order valence-electron chi connectivity index (χ1n) is 6.55. The standard InChI is InChI=1S/C14H15BrClNO4/c1-8(21-12-5-4-9(16)7-10(12)15)13(18)17-6-2-3-11(17)14(19)20/h4-5,7-8,11H,2-3,6H2,1H3,(H,19,20)/t8?,11-/m1/s1. The highest BCUT2D eigenvalue weighted by molar-refractivity contribution is 9.10. The van der Waals surface area contributed by atoms with E-state index in [1.165, 1.54) is 4.90 Å². The van der Waals surface area contributed by atoms with Gasteiger partial charge in [0.25, 0.3) is 5.91 Å². The summed E-state index contributed by atoms with van der Waals surface area (Å²) in [5.41, 5.74) is 0. The number of carboxylic acid groups (broad SMARTS) is 1. The molecule has 0 bridgehead atoms.